The number of nitrogens with one attached hydrogen (secondary N) is 1. The maximum atomic E-state index is 12.6. The van der Waals surface area contributed by atoms with Crippen molar-refractivity contribution in [3.63, 3.8) is 0 Å². The fraction of sp³-hybridized carbons (Fsp3) is 0.636. The number of anilines is 2. The number of nitrogens with zero attached hydrogens (tertiary/aromatic N) is 3. The molecule has 0 bridgehead atoms. The smallest absolute Gasteiger partial charge is 0.395 e. The highest BCUT2D eigenvalue weighted by molar-refractivity contribution is 9.10. The number of aliphatic hydroxyl groups excluding tert-OH is 1. The molecule has 1 rings (SSSR count). The van der Waals surface area contributed by atoms with E-state index in [9.17, 15) is 13.2 Å². The summed E-state index contributed by atoms with van der Waals surface area (Å²) in [6, 6.07) is 0. The third-order valence-corrected chi connectivity index (χ3v) is 2.86. The van der Waals surface area contributed by atoms with Gasteiger partial charge in [-0.15, -0.1) is 0 Å². The molecule has 0 saturated heterocycles. The predicted molar refractivity (Wildman–Crippen MR) is 73.9 cm³/mol. The van der Waals surface area contributed by atoms with Crippen molar-refractivity contribution in [3.8, 4) is 0 Å². The zero-order valence-corrected chi connectivity index (χ0v) is 12.5. The Morgan fingerprint density at radius 3 is 2.70 bits per heavy atom. The number of alkyl halides is 3. The highest BCUT2D eigenvalue weighted by atomic mass is 79.9. The molecule has 20 heavy (non-hydrogen) atoms. The molecule has 1 heterocycles. The third-order valence-electron chi connectivity index (χ3n) is 2.30. The van der Waals surface area contributed by atoms with Crippen LogP contribution in [0.5, 0.6) is 0 Å². The van der Waals surface area contributed by atoms with Crippen LogP contribution in [0.3, 0.4) is 0 Å². The highest BCUT2D eigenvalue weighted by Gasteiger charge is 2.32. The first-order valence-corrected chi connectivity index (χ1v) is 6.85. The van der Waals surface area contributed by atoms with Crippen LogP contribution in [-0.2, 0) is 0 Å². The molecule has 5 nitrogen and oxygen atoms in total. The molecule has 0 aliphatic heterocycles. The van der Waals surface area contributed by atoms with Crippen molar-refractivity contribution < 1.29 is 18.3 Å². The summed E-state index contributed by atoms with van der Waals surface area (Å²) < 4.78 is 38.0. The maximum absolute atomic E-state index is 12.6. The summed E-state index contributed by atoms with van der Waals surface area (Å²) in [6.45, 7) is 0.831. The van der Waals surface area contributed by atoms with E-state index in [1.54, 1.807) is 0 Å². The summed E-state index contributed by atoms with van der Waals surface area (Å²) in [7, 11) is 0. The first kappa shape index (κ1) is 17.0. The van der Waals surface area contributed by atoms with Gasteiger partial charge in [0.1, 0.15) is 12.4 Å². The van der Waals surface area contributed by atoms with Crippen LogP contribution in [0.15, 0.2) is 10.7 Å². The Morgan fingerprint density at radius 1 is 1.45 bits per heavy atom. The molecule has 2 N–H and O–H groups in total. The molecule has 0 unspecified atom stereocenters. The van der Waals surface area contributed by atoms with Crippen molar-refractivity contribution in [1.82, 2.24) is 9.97 Å². The van der Waals surface area contributed by atoms with Gasteiger partial charge < -0.3 is 15.3 Å². The summed E-state index contributed by atoms with van der Waals surface area (Å²) in [6.07, 6.45) is -2.14. The Labute approximate surface area is 123 Å². The molecule has 0 saturated carbocycles. The average Bonchev–Trinajstić information content (AvgIpc) is 2.36. The number of halogens is 4. The largest absolute Gasteiger partial charge is 0.405 e. The van der Waals surface area contributed by atoms with Gasteiger partial charge in [-0.1, -0.05) is 6.92 Å². The maximum Gasteiger partial charge on any atom is 0.405 e. The Balaban J connectivity index is 2.98. The fourth-order valence-corrected chi connectivity index (χ4v) is 1.94. The molecular weight excluding hydrogens is 341 g/mol. The number of hydrogen-bond acceptors (Lipinski definition) is 5. The van der Waals surface area contributed by atoms with E-state index in [4.69, 9.17) is 5.11 Å². The quantitative estimate of drug-likeness (QED) is 0.785. The summed E-state index contributed by atoms with van der Waals surface area (Å²) in [4.78, 5) is 9.00. The molecule has 0 aromatic carbocycles. The zero-order valence-electron chi connectivity index (χ0n) is 10.9. The lowest BCUT2D eigenvalue weighted by atomic mass is 10.4. The molecule has 0 atom stereocenters. The van der Waals surface area contributed by atoms with E-state index in [2.05, 4.69) is 31.2 Å². The second kappa shape index (κ2) is 7.63. The molecule has 0 aliphatic carbocycles. The minimum absolute atomic E-state index is 0.102. The molecule has 9 heteroatoms. The lowest BCUT2D eigenvalue weighted by Gasteiger charge is -2.25. The van der Waals surface area contributed by atoms with Crippen molar-refractivity contribution in [2.45, 2.75) is 19.5 Å². The zero-order chi connectivity index (χ0) is 15.2. The van der Waals surface area contributed by atoms with Gasteiger partial charge in [0.2, 0.25) is 5.95 Å². The van der Waals surface area contributed by atoms with Crippen LogP contribution in [-0.4, -0.2) is 47.5 Å². The summed E-state index contributed by atoms with van der Waals surface area (Å²) in [5, 5.41) is 11.8. The molecule has 1 aromatic rings. The lowest BCUT2D eigenvalue weighted by molar-refractivity contribution is -0.120. The molecule has 0 radical (unpaired) electrons. The monoisotopic (exact) mass is 356 g/mol. The number of aromatic nitrogens is 2. The number of rotatable bonds is 7. The Kier molecular flexibility index (Phi) is 6.47. The van der Waals surface area contributed by atoms with Crippen LogP contribution in [0.1, 0.15) is 13.3 Å². The van der Waals surface area contributed by atoms with Gasteiger partial charge in [-0.2, -0.15) is 18.2 Å². The average molecular weight is 357 g/mol. The van der Waals surface area contributed by atoms with Crippen LogP contribution in [0.25, 0.3) is 0 Å². The van der Waals surface area contributed by atoms with Crippen LogP contribution in [0.4, 0.5) is 24.9 Å². The molecule has 1 aromatic heterocycles. The first-order chi connectivity index (χ1) is 9.37. The van der Waals surface area contributed by atoms with E-state index in [0.717, 1.165) is 11.3 Å². The Hall–Kier alpha value is -1.09. The van der Waals surface area contributed by atoms with Gasteiger partial charge in [0, 0.05) is 19.3 Å². The molecule has 114 valence electrons. The third kappa shape index (κ3) is 5.49. The van der Waals surface area contributed by atoms with E-state index >= 15 is 0 Å². The van der Waals surface area contributed by atoms with Gasteiger partial charge in [0.25, 0.3) is 0 Å². The first-order valence-electron chi connectivity index (χ1n) is 6.06. The van der Waals surface area contributed by atoms with Crippen molar-refractivity contribution in [1.29, 1.82) is 0 Å². The van der Waals surface area contributed by atoms with Gasteiger partial charge in [0.15, 0.2) is 0 Å². The highest BCUT2D eigenvalue weighted by Crippen LogP contribution is 2.27. The van der Waals surface area contributed by atoms with Gasteiger partial charge in [-0.25, -0.2) is 4.98 Å². The van der Waals surface area contributed by atoms with Crippen LogP contribution in [0.2, 0.25) is 0 Å². The Morgan fingerprint density at radius 2 is 2.15 bits per heavy atom. The minimum Gasteiger partial charge on any atom is -0.395 e. The van der Waals surface area contributed by atoms with Gasteiger partial charge in [-0.05, 0) is 22.4 Å². The summed E-state index contributed by atoms with van der Waals surface area (Å²) >= 11 is 3.13. The van der Waals surface area contributed by atoms with E-state index in [0.29, 0.717) is 11.0 Å². The predicted octanol–water partition coefficient (Wildman–Crippen LogP) is 2.42. The van der Waals surface area contributed by atoms with Gasteiger partial charge in [0.05, 0.1) is 11.1 Å². The van der Waals surface area contributed by atoms with Crippen LogP contribution in [0, 0.1) is 0 Å². The van der Waals surface area contributed by atoms with E-state index < -0.39 is 19.3 Å². The second-order valence-corrected chi connectivity index (χ2v) is 4.91. The number of hydrogen-bond donors (Lipinski definition) is 2. The minimum atomic E-state index is -4.38. The normalized spacial score (nSPS) is 11.5. The lowest BCUT2D eigenvalue weighted by Crippen LogP contribution is -2.37. The fourth-order valence-electron chi connectivity index (χ4n) is 1.50. The van der Waals surface area contributed by atoms with E-state index in [1.165, 1.54) is 6.20 Å². The van der Waals surface area contributed by atoms with Crippen LogP contribution < -0.4 is 10.2 Å². The van der Waals surface area contributed by atoms with E-state index in [1.807, 2.05) is 6.92 Å². The molecular formula is C11H16BrF3N4O. The van der Waals surface area contributed by atoms with Crippen LogP contribution >= 0.6 is 15.9 Å². The van der Waals surface area contributed by atoms with Crippen molar-refractivity contribution >= 4 is 27.7 Å². The van der Waals surface area contributed by atoms with E-state index in [-0.39, 0.29) is 18.3 Å². The molecule has 0 spiro atoms. The van der Waals surface area contributed by atoms with Gasteiger partial charge in [-0.3, -0.25) is 0 Å². The summed E-state index contributed by atoms with van der Waals surface area (Å²) in [5.74, 6) is 0.361. The second-order valence-electron chi connectivity index (χ2n) is 4.05. The van der Waals surface area contributed by atoms with Crippen molar-refractivity contribution in [2.75, 3.05) is 36.5 Å². The summed E-state index contributed by atoms with van der Waals surface area (Å²) in [5.41, 5.74) is 0. The van der Waals surface area contributed by atoms with Crippen molar-refractivity contribution in [2.24, 2.45) is 0 Å². The topological polar surface area (TPSA) is 61.3 Å². The number of aliphatic hydroxyl groups is 1. The molecule has 0 aliphatic rings. The Bertz CT molecular complexity index is 431. The molecule has 0 fully saturated rings. The van der Waals surface area contributed by atoms with Crippen molar-refractivity contribution in [3.05, 3.63) is 10.7 Å². The molecule has 0 amide bonds. The van der Waals surface area contributed by atoms with Gasteiger partial charge >= 0.3 is 6.18 Å². The standard InChI is InChI=1S/C11H16BrF3N4O/c1-2-3-16-10-17-6-8(12)9(18-10)19(4-5-20)7-11(13,14)15/h6,20H,2-5,7H2,1H3,(H,16,17,18). The SMILES string of the molecule is CCCNc1ncc(Br)c(N(CCO)CC(F)(F)F)n1.